The molecule has 0 spiro atoms. The molecule has 1 heterocycles. The summed E-state index contributed by atoms with van der Waals surface area (Å²) in [7, 11) is 0.514. The number of sulfonamides is 1. The van der Waals surface area contributed by atoms with E-state index in [9.17, 15) is 13.2 Å². The maximum absolute atomic E-state index is 13.0. The highest BCUT2D eigenvalue weighted by atomic mass is 35.5. The fourth-order valence-corrected chi connectivity index (χ4v) is 4.35. The third kappa shape index (κ3) is 4.74. The number of halogens is 1. The molecule has 0 saturated heterocycles. The third-order valence-corrected chi connectivity index (χ3v) is 6.80. The van der Waals surface area contributed by atoms with Crippen LogP contribution < -0.4 is 14.8 Å². The number of aromatic nitrogens is 1. The van der Waals surface area contributed by atoms with Gasteiger partial charge in [-0.15, -0.1) is 0 Å². The molecule has 0 saturated carbocycles. The van der Waals surface area contributed by atoms with Gasteiger partial charge in [-0.2, -0.15) is 0 Å². The van der Waals surface area contributed by atoms with E-state index in [0.29, 0.717) is 23.1 Å². The number of amides is 1. The van der Waals surface area contributed by atoms with Crippen LogP contribution in [-0.2, 0) is 10.0 Å². The second-order valence-electron chi connectivity index (χ2n) is 6.93. The Balaban J connectivity index is 1.98. The van der Waals surface area contributed by atoms with Gasteiger partial charge in [-0.3, -0.25) is 4.79 Å². The molecule has 3 aromatic rings. The molecule has 8 nitrogen and oxygen atoms in total. The molecule has 3 rings (SSSR count). The second-order valence-corrected chi connectivity index (χ2v) is 9.46. The summed E-state index contributed by atoms with van der Waals surface area (Å²) in [4.78, 5) is 13.0. The lowest BCUT2D eigenvalue weighted by Crippen LogP contribution is -2.23. The van der Waals surface area contributed by atoms with Crippen LogP contribution in [0.15, 0.2) is 59.8 Å². The van der Waals surface area contributed by atoms with Gasteiger partial charge < -0.3 is 19.4 Å². The van der Waals surface area contributed by atoms with Crippen LogP contribution in [0.4, 0.5) is 5.69 Å². The van der Waals surface area contributed by atoms with Gasteiger partial charge in [0.25, 0.3) is 5.91 Å². The molecule has 1 N–H and O–H groups in total. The summed E-state index contributed by atoms with van der Waals surface area (Å²) >= 11 is 6.41. The van der Waals surface area contributed by atoms with Gasteiger partial charge in [-0.25, -0.2) is 12.7 Å². The highest BCUT2D eigenvalue weighted by Crippen LogP contribution is 2.32. The maximum atomic E-state index is 13.0. The molecule has 0 aliphatic carbocycles. The van der Waals surface area contributed by atoms with E-state index in [1.165, 1.54) is 39.4 Å². The topological polar surface area (TPSA) is 89.9 Å². The molecule has 170 valence electrons. The minimum Gasteiger partial charge on any atom is -0.496 e. The van der Waals surface area contributed by atoms with Crippen molar-refractivity contribution in [1.82, 2.24) is 8.87 Å². The number of nitrogens with one attached hydrogen (secondary N) is 1. The predicted molar refractivity (Wildman–Crippen MR) is 124 cm³/mol. The smallest absolute Gasteiger partial charge is 0.259 e. The predicted octanol–water partition coefficient (Wildman–Crippen LogP) is 4.04. The van der Waals surface area contributed by atoms with Crippen LogP contribution in [0.1, 0.15) is 17.3 Å². The molecule has 0 radical (unpaired) electrons. The molecule has 10 heteroatoms. The quantitative estimate of drug-likeness (QED) is 0.528. The van der Waals surface area contributed by atoms with E-state index >= 15 is 0 Å². The van der Waals surface area contributed by atoms with Gasteiger partial charge in [-0.1, -0.05) is 11.6 Å². The highest BCUT2D eigenvalue weighted by molar-refractivity contribution is 7.89. The monoisotopic (exact) mass is 477 g/mol. The van der Waals surface area contributed by atoms with Crippen molar-refractivity contribution in [3.05, 3.63) is 65.4 Å². The fraction of sp³-hybridized carbons (Fsp3) is 0.227. The Morgan fingerprint density at radius 3 is 2.41 bits per heavy atom. The largest absolute Gasteiger partial charge is 0.496 e. The van der Waals surface area contributed by atoms with Gasteiger partial charge in [0.05, 0.1) is 30.0 Å². The fourth-order valence-electron chi connectivity index (χ4n) is 3.04. The number of ether oxygens (including phenoxy) is 2. The van der Waals surface area contributed by atoms with E-state index in [4.69, 9.17) is 21.1 Å². The van der Waals surface area contributed by atoms with Gasteiger partial charge in [0.1, 0.15) is 16.4 Å². The maximum Gasteiger partial charge on any atom is 0.259 e. The molecule has 1 amide bonds. The summed E-state index contributed by atoms with van der Waals surface area (Å²) in [6, 6.07) is 11.3. The Kier molecular flexibility index (Phi) is 7.12. The Labute approximate surface area is 192 Å². The van der Waals surface area contributed by atoms with E-state index in [1.54, 1.807) is 23.6 Å². The molecule has 0 unspecified atom stereocenters. The highest BCUT2D eigenvalue weighted by Gasteiger charge is 2.24. The Morgan fingerprint density at radius 1 is 1.12 bits per heavy atom. The zero-order valence-electron chi connectivity index (χ0n) is 18.1. The van der Waals surface area contributed by atoms with Crippen molar-refractivity contribution in [2.45, 2.75) is 11.8 Å². The first-order chi connectivity index (χ1) is 15.2. The minimum atomic E-state index is -3.79. The van der Waals surface area contributed by atoms with Gasteiger partial charge in [0.2, 0.25) is 10.0 Å². The molecule has 32 heavy (non-hydrogen) atoms. The lowest BCUT2D eigenvalue weighted by Gasteiger charge is -2.17. The second kappa shape index (κ2) is 9.64. The first-order valence-electron chi connectivity index (χ1n) is 9.70. The van der Waals surface area contributed by atoms with E-state index in [0.717, 1.165) is 4.31 Å². The summed E-state index contributed by atoms with van der Waals surface area (Å²) in [5.41, 5.74) is 1.15. The van der Waals surface area contributed by atoms with E-state index in [2.05, 4.69) is 5.32 Å². The number of methoxy groups -OCH3 is 1. The van der Waals surface area contributed by atoms with Crippen molar-refractivity contribution in [2.75, 3.05) is 33.1 Å². The summed E-state index contributed by atoms with van der Waals surface area (Å²) in [6.45, 7) is 2.06. The number of nitrogens with zero attached hydrogens (tertiary/aromatic N) is 2. The van der Waals surface area contributed by atoms with E-state index < -0.39 is 15.9 Å². The van der Waals surface area contributed by atoms with Crippen molar-refractivity contribution in [2.24, 2.45) is 0 Å². The molecule has 0 bridgehead atoms. The standard InChI is InChI=1S/C22H24ClN3O5S/c1-5-31-19-9-8-15(12-21(19)32(28,29)25(2)3)24-22(27)16-13-17(23)18(14-20(16)30-4)26-10-6-7-11-26/h6-14H,5H2,1-4H3,(H,24,27). The molecule has 0 aliphatic heterocycles. The number of benzene rings is 2. The first kappa shape index (κ1) is 23.6. The summed E-state index contributed by atoms with van der Waals surface area (Å²) in [5.74, 6) is 0.0266. The first-order valence-corrected chi connectivity index (χ1v) is 11.5. The molecule has 1 aromatic heterocycles. The van der Waals surface area contributed by atoms with Crippen molar-refractivity contribution in [3.63, 3.8) is 0 Å². The van der Waals surface area contributed by atoms with Crippen LogP contribution in [0.2, 0.25) is 5.02 Å². The van der Waals surface area contributed by atoms with Crippen LogP contribution in [0, 0.1) is 0 Å². The summed E-state index contributed by atoms with van der Waals surface area (Å²) in [5, 5.41) is 3.07. The number of carbonyl (C=O) groups is 1. The van der Waals surface area contributed by atoms with E-state index in [-0.39, 0.29) is 21.9 Å². The Morgan fingerprint density at radius 2 is 1.81 bits per heavy atom. The van der Waals surface area contributed by atoms with Crippen LogP contribution in [-0.4, -0.2) is 51.0 Å². The number of anilines is 1. The van der Waals surface area contributed by atoms with Crippen LogP contribution in [0.25, 0.3) is 5.69 Å². The van der Waals surface area contributed by atoms with E-state index in [1.807, 2.05) is 24.5 Å². The molecular weight excluding hydrogens is 454 g/mol. The molecule has 0 aliphatic rings. The van der Waals surface area contributed by atoms with Crippen molar-refractivity contribution in [1.29, 1.82) is 0 Å². The Hall–Kier alpha value is -3.01. The lowest BCUT2D eigenvalue weighted by atomic mass is 10.1. The molecule has 2 aromatic carbocycles. The van der Waals surface area contributed by atoms with Gasteiger partial charge in [-0.05, 0) is 43.3 Å². The van der Waals surface area contributed by atoms with Gasteiger partial charge in [0.15, 0.2) is 0 Å². The summed E-state index contributed by atoms with van der Waals surface area (Å²) < 4.78 is 39.2. The van der Waals surface area contributed by atoms with Crippen molar-refractivity contribution in [3.8, 4) is 17.2 Å². The number of hydrogen-bond acceptors (Lipinski definition) is 5. The van der Waals surface area contributed by atoms with Gasteiger partial charge >= 0.3 is 0 Å². The van der Waals surface area contributed by atoms with Crippen molar-refractivity contribution < 1.29 is 22.7 Å². The molecule has 0 fully saturated rings. The minimum absolute atomic E-state index is 0.0462. The SMILES string of the molecule is CCOc1ccc(NC(=O)c2cc(Cl)c(-n3cccc3)cc2OC)cc1S(=O)(=O)N(C)C. The number of hydrogen-bond donors (Lipinski definition) is 1. The zero-order chi connectivity index (χ0) is 23.5. The van der Waals surface area contributed by atoms with Crippen LogP contribution in [0.5, 0.6) is 11.5 Å². The zero-order valence-corrected chi connectivity index (χ0v) is 19.7. The van der Waals surface area contributed by atoms with Crippen molar-refractivity contribution >= 4 is 33.2 Å². The summed E-state index contributed by atoms with van der Waals surface area (Å²) in [6.07, 6.45) is 3.65. The number of carbonyl (C=O) groups excluding carboxylic acids is 1. The average Bonchev–Trinajstić information content (AvgIpc) is 3.29. The van der Waals surface area contributed by atoms with Gasteiger partial charge in [0, 0.05) is 38.2 Å². The molecular formula is C22H24ClN3O5S. The lowest BCUT2D eigenvalue weighted by molar-refractivity contribution is 0.102. The van der Waals surface area contributed by atoms with Crippen LogP contribution >= 0.6 is 11.6 Å². The average molecular weight is 478 g/mol. The Bertz CT molecular complexity index is 1220. The normalized spacial score (nSPS) is 11.4. The molecule has 0 atom stereocenters. The number of rotatable bonds is 8. The van der Waals surface area contributed by atoms with Crippen LogP contribution in [0.3, 0.4) is 0 Å². The third-order valence-electron chi connectivity index (χ3n) is 4.66.